The lowest BCUT2D eigenvalue weighted by Crippen LogP contribution is -2.40. The van der Waals surface area contributed by atoms with E-state index in [2.05, 4.69) is 12.2 Å². The molecule has 88 valence electrons. The zero-order valence-electron chi connectivity index (χ0n) is 9.76. The maximum absolute atomic E-state index is 5.92. The number of rotatable bonds is 4. The van der Waals surface area contributed by atoms with Crippen molar-refractivity contribution in [3.63, 3.8) is 0 Å². The van der Waals surface area contributed by atoms with Crippen molar-refractivity contribution in [3.8, 4) is 0 Å². The van der Waals surface area contributed by atoms with Crippen LogP contribution in [-0.2, 0) is 9.47 Å². The fraction of sp³-hybridized carbons (Fsp3) is 1.00. The van der Waals surface area contributed by atoms with Crippen LogP contribution < -0.4 is 5.32 Å². The molecular weight excluding hydrogens is 190 g/mol. The summed E-state index contributed by atoms with van der Waals surface area (Å²) < 4.78 is 11.4. The molecule has 0 aliphatic carbocycles. The molecule has 0 radical (unpaired) electrons. The highest BCUT2D eigenvalue weighted by molar-refractivity contribution is 4.90. The van der Waals surface area contributed by atoms with Gasteiger partial charge in [0.25, 0.3) is 0 Å². The van der Waals surface area contributed by atoms with Gasteiger partial charge in [-0.05, 0) is 38.3 Å². The molecule has 1 N–H and O–H groups in total. The minimum Gasteiger partial charge on any atom is -0.378 e. The van der Waals surface area contributed by atoms with Crippen molar-refractivity contribution in [2.45, 2.75) is 38.2 Å². The van der Waals surface area contributed by atoms with E-state index in [1.54, 1.807) is 0 Å². The summed E-state index contributed by atoms with van der Waals surface area (Å²) in [6.45, 7) is 7.04. The third kappa shape index (κ3) is 2.92. The van der Waals surface area contributed by atoms with Gasteiger partial charge < -0.3 is 14.8 Å². The Hall–Kier alpha value is -0.120. The van der Waals surface area contributed by atoms with E-state index in [1.165, 1.54) is 19.3 Å². The first-order valence-electron chi connectivity index (χ1n) is 6.27. The van der Waals surface area contributed by atoms with Crippen molar-refractivity contribution in [2.24, 2.45) is 5.92 Å². The molecule has 2 unspecified atom stereocenters. The van der Waals surface area contributed by atoms with E-state index in [4.69, 9.17) is 9.47 Å². The van der Waals surface area contributed by atoms with Crippen molar-refractivity contribution in [3.05, 3.63) is 0 Å². The molecule has 0 aromatic heterocycles. The summed E-state index contributed by atoms with van der Waals surface area (Å²) >= 11 is 0. The maximum atomic E-state index is 5.92. The van der Waals surface area contributed by atoms with Gasteiger partial charge in [-0.25, -0.2) is 0 Å². The van der Waals surface area contributed by atoms with Gasteiger partial charge in [0.2, 0.25) is 0 Å². The number of hydrogen-bond donors (Lipinski definition) is 1. The maximum Gasteiger partial charge on any atom is 0.0939 e. The first-order valence-corrected chi connectivity index (χ1v) is 6.27. The molecule has 2 rings (SSSR count). The molecule has 0 saturated carbocycles. The Kier molecular flexibility index (Phi) is 4.00. The zero-order chi connectivity index (χ0) is 10.6. The summed E-state index contributed by atoms with van der Waals surface area (Å²) in [7, 11) is 0. The lowest BCUT2D eigenvalue weighted by Gasteiger charge is -2.37. The highest BCUT2D eigenvalue weighted by Gasteiger charge is 2.40. The molecule has 0 amide bonds. The van der Waals surface area contributed by atoms with Gasteiger partial charge in [-0.15, -0.1) is 0 Å². The monoisotopic (exact) mass is 213 g/mol. The smallest absolute Gasteiger partial charge is 0.0939 e. The summed E-state index contributed by atoms with van der Waals surface area (Å²) in [6, 6.07) is 0. The highest BCUT2D eigenvalue weighted by Crippen LogP contribution is 2.36. The van der Waals surface area contributed by atoms with Gasteiger partial charge in [-0.2, -0.15) is 0 Å². The van der Waals surface area contributed by atoms with Crippen LogP contribution in [-0.4, -0.2) is 38.5 Å². The molecule has 2 heterocycles. The summed E-state index contributed by atoms with van der Waals surface area (Å²) in [5.74, 6) is 0.833. The van der Waals surface area contributed by atoms with Crippen LogP contribution in [0.25, 0.3) is 0 Å². The highest BCUT2D eigenvalue weighted by atomic mass is 16.6. The van der Waals surface area contributed by atoms with E-state index in [-0.39, 0.29) is 5.60 Å². The third-order valence-electron chi connectivity index (χ3n) is 3.64. The predicted molar refractivity (Wildman–Crippen MR) is 60.0 cm³/mol. The summed E-state index contributed by atoms with van der Waals surface area (Å²) in [4.78, 5) is 0. The lowest BCUT2D eigenvalue weighted by molar-refractivity contribution is -0.0986. The second kappa shape index (κ2) is 5.28. The van der Waals surface area contributed by atoms with Crippen molar-refractivity contribution in [2.75, 3.05) is 32.9 Å². The summed E-state index contributed by atoms with van der Waals surface area (Å²) in [5.41, 5.74) is 0.0924. The van der Waals surface area contributed by atoms with Crippen molar-refractivity contribution in [1.82, 2.24) is 5.32 Å². The second-order valence-corrected chi connectivity index (χ2v) is 4.84. The molecule has 0 aromatic rings. The van der Waals surface area contributed by atoms with Gasteiger partial charge in [0.15, 0.2) is 0 Å². The Morgan fingerprint density at radius 3 is 3.07 bits per heavy atom. The Morgan fingerprint density at radius 2 is 2.33 bits per heavy atom. The standard InChI is InChI=1S/C12H23NO2/c1-2-13-6-3-11-4-7-15-12(9-11)5-8-14-10-12/h11,13H,2-10H2,1H3. The van der Waals surface area contributed by atoms with Gasteiger partial charge >= 0.3 is 0 Å². The minimum absolute atomic E-state index is 0.0924. The van der Waals surface area contributed by atoms with Gasteiger partial charge in [0, 0.05) is 19.6 Å². The molecule has 15 heavy (non-hydrogen) atoms. The molecule has 1 spiro atoms. The predicted octanol–water partition coefficient (Wildman–Crippen LogP) is 1.57. The van der Waals surface area contributed by atoms with Crippen LogP contribution in [0.5, 0.6) is 0 Å². The fourth-order valence-electron chi connectivity index (χ4n) is 2.72. The average molecular weight is 213 g/mol. The van der Waals surface area contributed by atoms with Crippen LogP contribution in [0.1, 0.15) is 32.6 Å². The van der Waals surface area contributed by atoms with Crippen LogP contribution in [0.2, 0.25) is 0 Å². The summed E-state index contributed by atoms with van der Waals surface area (Å²) in [5, 5.41) is 3.40. The molecule has 2 fully saturated rings. The number of ether oxygens (including phenoxy) is 2. The van der Waals surface area contributed by atoms with Crippen molar-refractivity contribution < 1.29 is 9.47 Å². The Labute approximate surface area is 92.5 Å². The molecule has 2 saturated heterocycles. The summed E-state index contributed by atoms with van der Waals surface area (Å²) in [6.07, 6.45) is 4.83. The van der Waals surface area contributed by atoms with Crippen LogP contribution in [0.3, 0.4) is 0 Å². The Balaban J connectivity index is 1.76. The molecule has 2 aliphatic rings. The minimum atomic E-state index is 0.0924. The van der Waals surface area contributed by atoms with E-state index in [0.29, 0.717) is 0 Å². The first-order chi connectivity index (χ1) is 7.35. The quantitative estimate of drug-likeness (QED) is 0.719. The largest absolute Gasteiger partial charge is 0.378 e. The topological polar surface area (TPSA) is 30.5 Å². The molecule has 0 aromatic carbocycles. The van der Waals surface area contributed by atoms with Gasteiger partial charge in [-0.1, -0.05) is 6.92 Å². The molecule has 3 nitrogen and oxygen atoms in total. The van der Waals surface area contributed by atoms with Crippen molar-refractivity contribution >= 4 is 0 Å². The van der Waals surface area contributed by atoms with E-state index in [0.717, 1.165) is 45.2 Å². The normalized spacial score (nSPS) is 36.2. The average Bonchev–Trinajstić information content (AvgIpc) is 2.67. The number of hydrogen-bond acceptors (Lipinski definition) is 3. The number of nitrogens with one attached hydrogen (secondary N) is 1. The lowest BCUT2D eigenvalue weighted by atomic mass is 9.83. The Morgan fingerprint density at radius 1 is 1.40 bits per heavy atom. The third-order valence-corrected chi connectivity index (χ3v) is 3.64. The van der Waals surface area contributed by atoms with Gasteiger partial charge in [-0.3, -0.25) is 0 Å². The van der Waals surface area contributed by atoms with E-state index in [9.17, 15) is 0 Å². The van der Waals surface area contributed by atoms with Gasteiger partial charge in [0.1, 0.15) is 0 Å². The molecule has 3 heteroatoms. The van der Waals surface area contributed by atoms with E-state index < -0.39 is 0 Å². The van der Waals surface area contributed by atoms with Crippen LogP contribution in [0, 0.1) is 5.92 Å². The van der Waals surface area contributed by atoms with E-state index in [1.807, 2.05) is 0 Å². The van der Waals surface area contributed by atoms with Crippen molar-refractivity contribution in [1.29, 1.82) is 0 Å². The fourth-order valence-corrected chi connectivity index (χ4v) is 2.72. The van der Waals surface area contributed by atoms with Crippen LogP contribution in [0.15, 0.2) is 0 Å². The first kappa shape index (κ1) is 11.4. The molecule has 0 bridgehead atoms. The second-order valence-electron chi connectivity index (χ2n) is 4.84. The molecule has 2 atom stereocenters. The SMILES string of the molecule is CCNCCC1CCOC2(CCOC2)C1. The van der Waals surface area contributed by atoms with Crippen LogP contribution >= 0.6 is 0 Å². The van der Waals surface area contributed by atoms with Gasteiger partial charge in [0.05, 0.1) is 12.2 Å². The molecule has 2 aliphatic heterocycles. The molecular formula is C12H23NO2. The van der Waals surface area contributed by atoms with E-state index >= 15 is 0 Å². The zero-order valence-corrected chi connectivity index (χ0v) is 9.76. The Bertz CT molecular complexity index is 190. The van der Waals surface area contributed by atoms with Crippen LogP contribution in [0.4, 0.5) is 0 Å².